The van der Waals surface area contributed by atoms with Gasteiger partial charge in [-0.15, -0.1) is 4.33 Å². The third-order valence-corrected chi connectivity index (χ3v) is 6.06. The number of aryl methyl sites for hydroxylation is 1. The Labute approximate surface area is 118 Å². The Morgan fingerprint density at radius 1 is 1.05 bits per heavy atom. The summed E-state index contributed by atoms with van der Waals surface area (Å²) in [7, 11) is 2.29. The highest BCUT2D eigenvalue weighted by Gasteiger charge is 2.37. The normalized spacial score (nSPS) is 11.8. The van der Waals surface area contributed by atoms with Crippen LogP contribution in [0.5, 0.6) is 0 Å². The van der Waals surface area contributed by atoms with E-state index in [2.05, 4.69) is 9.37 Å². The van der Waals surface area contributed by atoms with Crippen LogP contribution in [0.25, 0.3) is 0 Å². The molecule has 0 spiro atoms. The summed E-state index contributed by atoms with van der Waals surface area (Å²) in [5, 5.41) is 11.6. The van der Waals surface area contributed by atoms with Crippen molar-refractivity contribution in [3.63, 3.8) is 0 Å². The summed E-state index contributed by atoms with van der Waals surface area (Å²) in [5.74, 6) is 0. The molecule has 0 heterocycles. The summed E-state index contributed by atoms with van der Waals surface area (Å²) < 4.78 is 20.4. The minimum Gasteiger partial charge on any atom is -0.377 e. The van der Waals surface area contributed by atoms with Gasteiger partial charge in [0.15, 0.2) is 0 Å². The van der Waals surface area contributed by atoms with E-state index in [0.29, 0.717) is 6.04 Å². The molecule has 0 fully saturated rings. The largest absolute Gasteiger partial charge is 0.500 e. The number of benzene rings is 1. The fourth-order valence-corrected chi connectivity index (χ4v) is 3.68. The van der Waals surface area contributed by atoms with Gasteiger partial charge in [-0.2, -0.15) is 0 Å². The monoisotopic (exact) mass is 306 g/mol. The maximum Gasteiger partial charge on any atom is 0.500 e. The van der Waals surface area contributed by atoms with Gasteiger partial charge in [-0.1, -0.05) is 17.2 Å². The third-order valence-electron chi connectivity index (χ3n) is 2.74. The van der Waals surface area contributed by atoms with Crippen molar-refractivity contribution in [2.45, 2.75) is 17.4 Å². The van der Waals surface area contributed by atoms with E-state index in [1.807, 2.05) is 24.3 Å². The van der Waals surface area contributed by atoms with E-state index in [-0.39, 0.29) is 0 Å². The molecule has 0 saturated heterocycles. The smallest absolute Gasteiger partial charge is 0.377 e. The standard InChI is InChI=1S/C11H18O6SSi/c1-13-19(14-2,15-3)9-8-10-4-6-11(7-5-10)18-17-16-12/h4-7,12H,8-9H2,1-3H3. The third kappa shape index (κ3) is 5.20. The highest BCUT2D eigenvalue weighted by atomic mass is 32.2. The molecule has 19 heavy (non-hydrogen) atoms. The fourth-order valence-electron chi connectivity index (χ4n) is 1.62. The molecule has 0 atom stereocenters. The minimum absolute atomic E-state index is 0.708. The molecule has 0 aliphatic heterocycles. The molecule has 1 aromatic carbocycles. The fraction of sp³-hybridized carbons (Fsp3) is 0.455. The lowest BCUT2D eigenvalue weighted by molar-refractivity contribution is -0.432. The Bertz CT molecular complexity index is 348. The molecule has 8 heteroatoms. The van der Waals surface area contributed by atoms with Crippen molar-refractivity contribution < 1.29 is 27.9 Å². The first-order chi connectivity index (χ1) is 9.19. The molecular weight excluding hydrogens is 288 g/mol. The molecule has 0 saturated carbocycles. The van der Waals surface area contributed by atoms with Gasteiger partial charge in [-0.3, -0.25) is 0 Å². The predicted octanol–water partition coefficient (Wildman–Crippen LogP) is 2.54. The highest BCUT2D eigenvalue weighted by Crippen LogP contribution is 2.21. The van der Waals surface area contributed by atoms with Gasteiger partial charge in [0.1, 0.15) is 0 Å². The van der Waals surface area contributed by atoms with Crippen LogP contribution in [0.4, 0.5) is 0 Å². The second kappa shape index (κ2) is 8.66. The first-order valence-corrected chi connectivity index (χ1v) is 8.26. The maximum absolute atomic E-state index is 8.06. The minimum atomic E-state index is -2.52. The van der Waals surface area contributed by atoms with Gasteiger partial charge in [0.2, 0.25) is 0 Å². The van der Waals surface area contributed by atoms with Crippen molar-refractivity contribution in [1.29, 1.82) is 0 Å². The quantitative estimate of drug-likeness (QED) is 0.325. The van der Waals surface area contributed by atoms with Crippen molar-refractivity contribution in [3.05, 3.63) is 29.8 Å². The van der Waals surface area contributed by atoms with Gasteiger partial charge < -0.3 is 13.3 Å². The average molecular weight is 306 g/mol. The van der Waals surface area contributed by atoms with Crippen LogP contribution in [0.15, 0.2) is 29.2 Å². The molecule has 1 N–H and O–H groups in total. The van der Waals surface area contributed by atoms with Crippen LogP contribution in [0.1, 0.15) is 5.56 Å². The van der Waals surface area contributed by atoms with Crippen molar-refractivity contribution in [2.75, 3.05) is 21.3 Å². The Hall–Kier alpha value is -0.453. The van der Waals surface area contributed by atoms with Gasteiger partial charge in [0.05, 0.1) is 12.0 Å². The Morgan fingerprint density at radius 2 is 1.63 bits per heavy atom. The molecule has 1 rings (SSSR count). The lowest BCUT2D eigenvalue weighted by Gasteiger charge is -2.24. The molecular formula is C11H18O6SSi. The van der Waals surface area contributed by atoms with Crippen LogP contribution in [0.2, 0.25) is 6.04 Å². The van der Waals surface area contributed by atoms with Gasteiger partial charge in [-0.25, -0.2) is 5.26 Å². The molecule has 0 bridgehead atoms. The molecule has 108 valence electrons. The second-order valence-corrected chi connectivity index (χ2v) is 7.53. The van der Waals surface area contributed by atoms with Gasteiger partial charge in [0.25, 0.3) is 0 Å². The van der Waals surface area contributed by atoms with E-state index in [1.165, 1.54) is 0 Å². The molecule has 0 aliphatic carbocycles. The summed E-state index contributed by atoms with van der Waals surface area (Å²) >= 11 is 0.929. The predicted molar refractivity (Wildman–Crippen MR) is 72.4 cm³/mol. The average Bonchev–Trinajstić information content (AvgIpc) is 2.48. The summed E-state index contributed by atoms with van der Waals surface area (Å²) in [5.41, 5.74) is 1.14. The molecule has 0 amide bonds. The van der Waals surface area contributed by atoms with Crippen molar-refractivity contribution in [3.8, 4) is 0 Å². The van der Waals surface area contributed by atoms with Crippen LogP contribution in [-0.2, 0) is 29.1 Å². The van der Waals surface area contributed by atoms with Crippen LogP contribution in [0.3, 0.4) is 0 Å². The van der Waals surface area contributed by atoms with Gasteiger partial charge in [0, 0.05) is 32.3 Å². The van der Waals surface area contributed by atoms with Crippen molar-refractivity contribution >= 4 is 20.8 Å². The molecule has 1 aromatic rings. The van der Waals surface area contributed by atoms with E-state index in [4.69, 9.17) is 18.5 Å². The number of rotatable bonds is 9. The van der Waals surface area contributed by atoms with E-state index >= 15 is 0 Å². The zero-order valence-corrected chi connectivity index (χ0v) is 12.9. The van der Waals surface area contributed by atoms with E-state index in [9.17, 15) is 0 Å². The number of hydrogen-bond acceptors (Lipinski definition) is 7. The van der Waals surface area contributed by atoms with E-state index in [0.717, 1.165) is 28.9 Å². The summed E-state index contributed by atoms with van der Waals surface area (Å²) in [6.45, 7) is 0. The molecule has 6 nitrogen and oxygen atoms in total. The molecule has 0 radical (unpaired) electrons. The van der Waals surface area contributed by atoms with Crippen LogP contribution >= 0.6 is 12.0 Å². The van der Waals surface area contributed by atoms with Crippen molar-refractivity contribution in [1.82, 2.24) is 0 Å². The summed E-state index contributed by atoms with van der Waals surface area (Å²) in [4.78, 5) is 0.825. The van der Waals surface area contributed by atoms with Gasteiger partial charge >= 0.3 is 8.80 Å². The first-order valence-electron chi connectivity index (χ1n) is 5.59. The van der Waals surface area contributed by atoms with Crippen LogP contribution in [0, 0.1) is 0 Å². The summed E-state index contributed by atoms with van der Waals surface area (Å²) in [6.07, 6.45) is 0.796. The maximum atomic E-state index is 8.06. The molecule has 0 unspecified atom stereocenters. The SMILES string of the molecule is CO[Si](CCc1ccc(SOOO)cc1)(OC)OC. The topological polar surface area (TPSA) is 66.4 Å². The molecule has 0 aromatic heterocycles. The Kier molecular flexibility index (Phi) is 7.57. The Balaban J connectivity index is 2.53. The molecule has 0 aliphatic rings. The van der Waals surface area contributed by atoms with Crippen LogP contribution in [-0.4, -0.2) is 35.4 Å². The zero-order valence-electron chi connectivity index (χ0n) is 11.1. The Morgan fingerprint density at radius 3 is 2.11 bits per heavy atom. The lowest BCUT2D eigenvalue weighted by atomic mass is 10.2. The highest BCUT2D eigenvalue weighted by molar-refractivity contribution is 7.94. The lowest BCUT2D eigenvalue weighted by Crippen LogP contribution is -2.43. The zero-order chi connectivity index (χ0) is 14.1. The first kappa shape index (κ1) is 16.6. The summed E-state index contributed by atoms with van der Waals surface area (Å²) in [6, 6.07) is 8.37. The van der Waals surface area contributed by atoms with Gasteiger partial charge in [-0.05, 0) is 24.1 Å². The van der Waals surface area contributed by atoms with Crippen molar-refractivity contribution in [2.24, 2.45) is 0 Å². The van der Waals surface area contributed by atoms with Crippen LogP contribution < -0.4 is 0 Å². The number of hydrogen-bond donors (Lipinski definition) is 1. The second-order valence-electron chi connectivity index (χ2n) is 3.67. The van der Waals surface area contributed by atoms with E-state index in [1.54, 1.807) is 21.3 Å². The van der Waals surface area contributed by atoms with E-state index < -0.39 is 8.80 Å².